The van der Waals surface area contributed by atoms with Gasteiger partial charge in [0.2, 0.25) is 0 Å². The second-order valence-electron chi connectivity index (χ2n) is 5.91. The van der Waals surface area contributed by atoms with Gasteiger partial charge in [-0.3, -0.25) is 4.90 Å². The van der Waals surface area contributed by atoms with Gasteiger partial charge >= 0.3 is 0 Å². The smallest absolute Gasteiger partial charge is 0.119 e. The summed E-state index contributed by atoms with van der Waals surface area (Å²) in [5.41, 5.74) is 0. The topological polar surface area (TPSA) is 15.7 Å². The van der Waals surface area contributed by atoms with Crippen LogP contribution in [0.1, 0.15) is 32.6 Å². The predicted molar refractivity (Wildman–Crippen MR) is 89.0 cm³/mol. The van der Waals surface area contributed by atoms with Crippen molar-refractivity contribution in [3.8, 4) is 5.75 Å². The van der Waals surface area contributed by atoms with E-state index in [1.807, 2.05) is 30.3 Å². The molecule has 0 atom stereocenters. The Kier molecular flexibility index (Phi) is 7.61. The van der Waals surface area contributed by atoms with Crippen molar-refractivity contribution >= 4 is 0 Å². The highest BCUT2D eigenvalue weighted by molar-refractivity contribution is 5.20. The fourth-order valence-electron chi connectivity index (χ4n) is 2.81. The average Bonchev–Trinajstić information content (AvgIpc) is 2.54. The molecule has 2 rings (SSSR count). The van der Waals surface area contributed by atoms with Crippen molar-refractivity contribution in [2.24, 2.45) is 0 Å². The third kappa shape index (κ3) is 6.49. The highest BCUT2D eigenvalue weighted by atomic mass is 16.5. The van der Waals surface area contributed by atoms with Gasteiger partial charge in [-0.25, -0.2) is 0 Å². The highest BCUT2D eigenvalue weighted by Crippen LogP contribution is 2.09. The zero-order valence-electron chi connectivity index (χ0n) is 13.5. The Morgan fingerprint density at radius 2 is 1.52 bits per heavy atom. The largest absolute Gasteiger partial charge is 0.492 e. The van der Waals surface area contributed by atoms with Gasteiger partial charge in [-0.05, 0) is 25.1 Å². The lowest BCUT2D eigenvalue weighted by Gasteiger charge is -2.34. The Morgan fingerprint density at radius 3 is 2.19 bits per heavy atom. The maximum absolute atomic E-state index is 5.77. The van der Waals surface area contributed by atoms with E-state index in [9.17, 15) is 0 Å². The van der Waals surface area contributed by atoms with Crippen LogP contribution in [-0.2, 0) is 0 Å². The van der Waals surface area contributed by atoms with Crippen LogP contribution in [0.4, 0.5) is 0 Å². The molecule has 1 aromatic carbocycles. The molecule has 0 radical (unpaired) electrons. The zero-order valence-corrected chi connectivity index (χ0v) is 13.5. The lowest BCUT2D eigenvalue weighted by Crippen LogP contribution is -2.47. The van der Waals surface area contributed by atoms with Crippen molar-refractivity contribution in [1.82, 2.24) is 9.80 Å². The maximum Gasteiger partial charge on any atom is 0.119 e. The van der Waals surface area contributed by atoms with E-state index >= 15 is 0 Å². The number of hydrogen-bond acceptors (Lipinski definition) is 3. The van der Waals surface area contributed by atoms with Gasteiger partial charge in [0.15, 0.2) is 0 Å². The van der Waals surface area contributed by atoms with Crippen LogP contribution in [0.5, 0.6) is 5.75 Å². The molecule has 1 fully saturated rings. The quantitative estimate of drug-likeness (QED) is 0.649. The normalized spacial score (nSPS) is 17.0. The minimum atomic E-state index is 0.792. The fourth-order valence-corrected chi connectivity index (χ4v) is 2.81. The summed E-state index contributed by atoms with van der Waals surface area (Å²) < 4.78 is 5.77. The van der Waals surface area contributed by atoms with Crippen molar-refractivity contribution in [2.45, 2.75) is 32.6 Å². The third-order valence-corrected chi connectivity index (χ3v) is 4.21. The van der Waals surface area contributed by atoms with E-state index in [4.69, 9.17) is 4.74 Å². The van der Waals surface area contributed by atoms with Crippen LogP contribution < -0.4 is 4.74 Å². The monoisotopic (exact) mass is 290 g/mol. The number of hydrogen-bond donors (Lipinski definition) is 0. The summed E-state index contributed by atoms with van der Waals surface area (Å²) in [5, 5.41) is 0. The third-order valence-electron chi connectivity index (χ3n) is 4.21. The molecular formula is C18H30N2O. The van der Waals surface area contributed by atoms with Crippen LogP contribution in [-0.4, -0.2) is 55.7 Å². The number of ether oxygens (including phenoxy) is 1. The van der Waals surface area contributed by atoms with Crippen LogP contribution in [0.3, 0.4) is 0 Å². The Labute approximate surface area is 129 Å². The highest BCUT2D eigenvalue weighted by Gasteiger charge is 2.15. The first-order chi connectivity index (χ1) is 10.4. The summed E-state index contributed by atoms with van der Waals surface area (Å²) in [4.78, 5) is 5.13. The molecule has 0 N–H and O–H groups in total. The number of rotatable bonds is 9. The molecule has 1 aromatic rings. The summed E-state index contributed by atoms with van der Waals surface area (Å²) in [5.74, 6) is 0.979. The summed E-state index contributed by atoms with van der Waals surface area (Å²) >= 11 is 0. The van der Waals surface area contributed by atoms with Crippen LogP contribution >= 0.6 is 0 Å². The van der Waals surface area contributed by atoms with E-state index in [0.717, 1.165) is 18.9 Å². The second kappa shape index (κ2) is 9.80. The van der Waals surface area contributed by atoms with Gasteiger partial charge in [0.05, 0.1) is 0 Å². The van der Waals surface area contributed by atoms with Crippen molar-refractivity contribution in [3.63, 3.8) is 0 Å². The molecule has 21 heavy (non-hydrogen) atoms. The molecule has 1 saturated heterocycles. The number of benzene rings is 1. The SMILES string of the molecule is CCCCCCN1CCN(CCOc2ccccc2)CC1. The first kappa shape index (κ1) is 16.3. The molecule has 1 aliphatic rings. The van der Waals surface area contributed by atoms with Gasteiger partial charge in [-0.2, -0.15) is 0 Å². The number of para-hydroxylation sites is 1. The molecule has 0 aliphatic carbocycles. The summed E-state index contributed by atoms with van der Waals surface area (Å²) in [6.45, 7) is 10.2. The van der Waals surface area contributed by atoms with E-state index < -0.39 is 0 Å². The number of nitrogens with zero attached hydrogens (tertiary/aromatic N) is 2. The first-order valence-electron chi connectivity index (χ1n) is 8.51. The van der Waals surface area contributed by atoms with Crippen molar-refractivity contribution in [2.75, 3.05) is 45.9 Å². The number of piperazine rings is 1. The predicted octanol–water partition coefficient (Wildman–Crippen LogP) is 3.26. The summed E-state index contributed by atoms with van der Waals surface area (Å²) in [7, 11) is 0. The van der Waals surface area contributed by atoms with Crippen LogP contribution in [0, 0.1) is 0 Å². The van der Waals surface area contributed by atoms with Crippen LogP contribution in [0.2, 0.25) is 0 Å². The van der Waals surface area contributed by atoms with Gasteiger partial charge in [0, 0.05) is 32.7 Å². The van der Waals surface area contributed by atoms with Gasteiger partial charge in [-0.1, -0.05) is 44.4 Å². The molecule has 0 spiro atoms. The summed E-state index contributed by atoms with van der Waals surface area (Å²) in [6.07, 6.45) is 5.47. The van der Waals surface area contributed by atoms with Crippen molar-refractivity contribution in [3.05, 3.63) is 30.3 Å². The Hall–Kier alpha value is -1.06. The van der Waals surface area contributed by atoms with Gasteiger partial charge in [0.25, 0.3) is 0 Å². The molecule has 3 nitrogen and oxygen atoms in total. The van der Waals surface area contributed by atoms with Gasteiger partial charge in [0.1, 0.15) is 12.4 Å². The Morgan fingerprint density at radius 1 is 0.857 bits per heavy atom. The standard InChI is InChI=1S/C18H30N2O/c1-2-3-4-8-11-19-12-14-20(15-13-19)16-17-21-18-9-6-5-7-10-18/h5-7,9-10H,2-4,8,11-17H2,1H3. The molecular weight excluding hydrogens is 260 g/mol. The summed E-state index contributed by atoms with van der Waals surface area (Å²) in [6, 6.07) is 10.1. The fraction of sp³-hybridized carbons (Fsp3) is 0.667. The lowest BCUT2D eigenvalue weighted by atomic mass is 10.2. The molecule has 3 heteroatoms. The van der Waals surface area contributed by atoms with Crippen LogP contribution in [0.15, 0.2) is 30.3 Å². The molecule has 0 aromatic heterocycles. The zero-order chi connectivity index (χ0) is 14.8. The molecule has 0 bridgehead atoms. The minimum Gasteiger partial charge on any atom is -0.492 e. The second-order valence-corrected chi connectivity index (χ2v) is 5.91. The lowest BCUT2D eigenvalue weighted by molar-refractivity contribution is 0.115. The van der Waals surface area contributed by atoms with E-state index in [-0.39, 0.29) is 0 Å². The molecule has 0 unspecified atom stereocenters. The molecule has 0 saturated carbocycles. The van der Waals surface area contributed by atoms with Crippen molar-refractivity contribution < 1.29 is 4.74 Å². The average molecular weight is 290 g/mol. The minimum absolute atomic E-state index is 0.792. The van der Waals surface area contributed by atoms with Gasteiger partial charge < -0.3 is 9.64 Å². The van der Waals surface area contributed by atoms with E-state index in [0.29, 0.717) is 0 Å². The van der Waals surface area contributed by atoms with E-state index in [1.54, 1.807) is 0 Å². The molecule has 1 aliphatic heterocycles. The van der Waals surface area contributed by atoms with Crippen LogP contribution in [0.25, 0.3) is 0 Å². The van der Waals surface area contributed by atoms with E-state index in [1.165, 1.54) is 58.4 Å². The molecule has 1 heterocycles. The maximum atomic E-state index is 5.77. The Bertz CT molecular complexity index is 361. The molecule has 0 amide bonds. The van der Waals surface area contributed by atoms with E-state index in [2.05, 4.69) is 16.7 Å². The first-order valence-corrected chi connectivity index (χ1v) is 8.51. The molecule has 118 valence electrons. The van der Waals surface area contributed by atoms with Crippen molar-refractivity contribution in [1.29, 1.82) is 0 Å². The van der Waals surface area contributed by atoms with Gasteiger partial charge in [-0.15, -0.1) is 0 Å². The Balaban J connectivity index is 1.53. The number of unbranched alkanes of at least 4 members (excludes halogenated alkanes) is 3.